The summed E-state index contributed by atoms with van der Waals surface area (Å²) in [5.41, 5.74) is 1.65. The Morgan fingerprint density at radius 2 is 1.75 bits per heavy atom. The van der Waals surface area contributed by atoms with Gasteiger partial charge in [0.25, 0.3) is 10.0 Å². The molecule has 24 heavy (non-hydrogen) atoms. The summed E-state index contributed by atoms with van der Waals surface area (Å²) in [5.74, 6) is 0. The first-order valence-electron chi connectivity index (χ1n) is 7.34. The summed E-state index contributed by atoms with van der Waals surface area (Å²) in [5, 5.41) is 8.75. The van der Waals surface area contributed by atoms with Crippen molar-refractivity contribution in [1.82, 2.24) is 4.63 Å². The first kappa shape index (κ1) is 18.1. The first-order valence-corrected chi connectivity index (χ1v) is 8.78. The predicted molar refractivity (Wildman–Crippen MR) is 87.9 cm³/mol. The number of hydrogen-bond donors (Lipinski definition) is 0. The Kier molecular flexibility index (Phi) is 6.46. The Hall–Kier alpha value is -2.24. The van der Waals surface area contributed by atoms with Crippen LogP contribution in [-0.2, 0) is 26.1 Å². The van der Waals surface area contributed by atoms with E-state index in [0.29, 0.717) is 23.0 Å². The zero-order chi connectivity index (χ0) is 17.4. The second kappa shape index (κ2) is 8.57. The van der Waals surface area contributed by atoms with Crippen molar-refractivity contribution in [2.24, 2.45) is 0 Å². The van der Waals surface area contributed by atoms with E-state index >= 15 is 0 Å². The van der Waals surface area contributed by atoms with Crippen LogP contribution in [0.5, 0.6) is 0 Å². The van der Waals surface area contributed by atoms with Crippen LogP contribution in [0, 0.1) is 11.3 Å². The van der Waals surface area contributed by atoms with Gasteiger partial charge in [0.1, 0.15) is 0 Å². The Morgan fingerprint density at radius 3 is 2.33 bits per heavy atom. The molecular formula is C17H18N2O4S. The van der Waals surface area contributed by atoms with Crippen molar-refractivity contribution in [3.8, 4) is 6.07 Å². The van der Waals surface area contributed by atoms with E-state index < -0.39 is 10.0 Å². The van der Waals surface area contributed by atoms with Gasteiger partial charge >= 0.3 is 0 Å². The van der Waals surface area contributed by atoms with Gasteiger partial charge in [0.05, 0.1) is 34.9 Å². The van der Waals surface area contributed by atoms with E-state index in [0.717, 1.165) is 5.56 Å². The molecule has 0 saturated carbocycles. The van der Waals surface area contributed by atoms with E-state index in [9.17, 15) is 8.42 Å². The van der Waals surface area contributed by atoms with E-state index in [1.807, 2.05) is 12.1 Å². The summed E-state index contributed by atoms with van der Waals surface area (Å²) >= 11 is 0. The van der Waals surface area contributed by atoms with Crippen LogP contribution in [0.3, 0.4) is 0 Å². The molecule has 0 heterocycles. The maximum atomic E-state index is 12.3. The molecule has 126 valence electrons. The van der Waals surface area contributed by atoms with Crippen molar-refractivity contribution in [3.05, 3.63) is 65.7 Å². The zero-order valence-corrected chi connectivity index (χ0v) is 14.1. The second-order valence-electron chi connectivity index (χ2n) is 4.94. The summed E-state index contributed by atoms with van der Waals surface area (Å²) < 4.78 is 25.2. The lowest BCUT2D eigenvalue weighted by Gasteiger charge is -2.18. The minimum absolute atomic E-state index is 0.0962. The number of nitrogens with zero attached hydrogens (tertiary/aromatic N) is 2. The van der Waals surface area contributed by atoms with Crippen molar-refractivity contribution >= 4 is 10.0 Å². The number of rotatable bonds is 8. The monoisotopic (exact) mass is 346 g/mol. The standard InChI is InChI=1S/C17H18N2O4S/c1-22-19(24(20,21)17-7-3-2-4-8-17)23-13-5-6-15-9-11-16(14-18)12-10-15/h2-4,7-12H,5-6,13H2,1H3. The molecule has 0 aliphatic rings. The molecule has 0 unspecified atom stereocenters. The highest BCUT2D eigenvalue weighted by Crippen LogP contribution is 2.16. The van der Waals surface area contributed by atoms with E-state index in [1.54, 1.807) is 30.3 Å². The highest BCUT2D eigenvalue weighted by molar-refractivity contribution is 7.88. The molecule has 0 aromatic heterocycles. The maximum Gasteiger partial charge on any atom is 0.288 e. The summed E-state index contributed by atoms with van der Waals surface area (Å²) in [6, 6.07) is 17.2. The average molecular weight is 346 g/mol. The van der Waals surface area contributed by atoms with Crippen LogP contribution < -0.4 is 0 Å². The minimum atomic E-state index is -3.85. The maximum absolute atomic E-state index is 12.3. The van der Waals surface area contributed by atoms with Crippen molar-refractivity contribution in [3.63, 3.8) is 0 Å². The molecule has 0 fully saturated rings. The predicted octanol–water partition coefficient (Wildman–Crippen LogP) is 2.67. The Labute approximate surface area is 141 Å². The molecule has 0 spiro atoms. The third-order valence-electron chi connectivity index (χ3n) is 3.28. The molecule has 2 rings (SSSR count). The Bertz CT molecular complexity index is 784. The quantitative estimate of drug-likeness (QED) is 0.542. The average Bonchev–Trinajstić information content (AvgIpc) is 2.62. The van der Waals surface area contributed by atoms with Crippen molar-refractivity contribution in [2.45, 2.75) is 17.7 Å². The summed E-state index contributed by atoms with van der Waals surface area (Å²) in [4.78, 5) is 10.2. The van der Waals surface area contributed by atoms with Crippen LogP contribution >= 0.6 is 0 Å². The summed E-state index contributed by atoms with van der Waals surface area (Å²) in [7, 11) is -2.62. The molecule has 0 amide bonds. The largest absolute Gasteiger partial charge is 0.288 e. The molecule has 0 aliphatic carbocycles. The molecule has 0 atom stereocenters. The van der Waals surface area contributed by atoms with Crippen molar-refractivity contribution in [2.75, 3.05) is 13.7 Å². The van der Waals surface area contributed by atoms with Crippen molar-refractivity contribution < 1.29 is 18.1 Å². The fourth-order valence-electron chi connectivity index (χ4n) is 2.06. The van der Waals surface area contributed by atoms with Crippen LogP contribution in [0.2, 0.25) is 0 Å². The number of hydrogen-bond acceptors (Lipinski definition) is 5. The molecule has 0 radical (unpaired) electrons. The van der Waals surface area contributed by atoms with Crippen LogP contribution in [-0.4, -0.2) is 26.8 Å². The van der Waals surface area contributed by atoms with Crippen LogP contribution in [0.25, 0.3) is 0 Å². The second-order valence-corrected chi connectivity index (χ2v) is 6.66. The Morgan fingerprint density at radius 1 is 1.08 bits per heavy atom. The molecule has 2 aromatic rings. The molecule has 0 bridgehead atoms. The number of nitriles is 1. The van der Waals surface area contributed by atoms with Crippen LogP contribution in [0.15, 0.2) is 59.5 Å². The molecule has 2 aromatic carbocycles. The molecular weight excluding hydrogens is 328 g/mol. The van der Waals surface area contributed by atoms with Crippen molar-refractivity contribution in [1.29, 1.82) is 5.26 Å². The lowest BCUT2D eigenvalue weighted by atomic mass is 10.1. The van der Waals surface area contributed by atoms with E-state index in [-0.39, 0.29) is 11.5 Å². The third kappa shape index (κ3) is 4.63. The van der Waals surface area contributed by atoms with Gasteiger partial charge in [-0.15, -0.1) is 0 Å². The summed E-state index contributed by atoms with van der Waals surface area (Å²) in [6.45, 7) is 0.180. The highest BCUT2D eigenvalue weighted by atomic mass is 32.2. The summed E-state index contributed by atoms with van der Waals surface area (Å²) in [6.07, 6.45) is 1.31. The topological polar surface area (TPSA) is 79.6 Å². The molecule has 7 heteroatoms. The SMILES string of the molecule is CON(OCCCc1ccc(C#N)cc1)S(=O)(=O)c1ccccc1. The van der Waals surface area contributed by atoms with Gasteiger partial charge in [0, 0.05) is 0 Å². The number of aryl methyl sites for hydroxylation is 1. The van der Waals surface area contributed by atoms with E-state index in [4.69, 9.17) is 14.9 Å². The minimum Gasteiger partial charge on any atom is -0.264 e. The molecule has 6 nitrogen and oxygen atoms in total. The molecule has 0 aliphatic heterocycles. The van der Waals surface area contributed by atoms with Gasteiger partial charge in [-0.3, -0.25) is 9.68 Å². The smallest absolute Gasteiger partial charge is 0.264 e. The number of sulfonamides is 1. The third-order valence-corrected chi connectivity index (χ3v) is 4.79. The molecule has 0 N–H and O–H groups in total. The van der Waals surface area contributed by atoms with Crippen LogP contribution in [0.1, 0.15) is 17.5 Å². The molecule has 0 saturated heterocycles. The lowest BCUT2D eigenvalue weighted by molar-refractivity contribution is -0.286. The first-order chi connectivity index (χ1) is 11.6. The van der Waals surface area contributed by atoms with Gasteiger partial charge in [-0.1, -0.05) is 30.3 Å². The Balaban J connectivity index is 1.88. The van der Waals surface area contributed by atoms with Gasteiger partial charge in [0.15, 0.2) is 0 Å². The van der Waals surface area contributed by atoms with Gasteiger partial charge in [-0.25, -0.2) is 8.42 Å². The van der Waals surface area contributed by atoms with Crippen LogP contribution in [0.4, 0.5) is 0 Å². The van der Waals surface area contributed by atoms with Gasteiger partial charge in [-0.05, 0) is 42.7 Å². The lowest BCUT2D eigenvalue weighted by Crippen LogP contribution is -2.30. The normalized spacial score (nSPS) is 11.4. The zero-order valence-electron chi connectivity index (χ0n) is 13.3. The highest BCUT2D eigenvalue weighted by Gasteiger charge is 2.25. The van der Waals surface area contributed by atoms with E-state index in [1.165, 1.54) is 19.2 Å². The van der Waals surface area contributed by atoms with E-state index in [2.05, 4.69) is 6.07 Å². The van der Waals surface area contributed by atoms with Gasteiger partial charge < -0.3 is 0 Å². The van der Waals surface area contributed by atoms with Gasteiger partial charge in [0.2, 0.25) is 0 Å². The van der Waals surface area contributed by atoms with Gasteiger partial charge in [-0.2, -0.15) is 5.26 Å². The fraction of sp³-hybridized carbons (Fsp3) is 0.235. The fourth-order valence-corrected chi connectivity index (χ4v) is 3.14. The number of benzene rings is 2.